The standard InChI is InChI=1S/C29H31N5O2S/c1-33(20-29(35)30-24-11-13-27(14-12-24)36-26-5-3-2-4-6-26)25-15-17-34(18-16-25)19-22-7-9-23(10-8-22)28-21-37-32-31-28/h2-14,21,25H,15-20H2,1H3,(H,30,35). The maximum absolute atomic E-state index is 12.7. The Hall–Kier alpha value is -3.59. The molecule has 37 heavy (non-hydrogen) atoms. The van der Waals surface area contributed by atoms with Gasteiger partial charge < -0.3 is 10.1 Å². The number of nitrogens with one attached hydrogen (secondary N) is 1. The van der Waals surface area contributed by atoms with Gasteiger partial charge in [0.25, 0.3) is 0 Å². The number of piperidine rings is 1. The van der Waals surface area contributed by atoms with E-state index >= 15 is 0 Å². The fraction of sp³-hybridized carbons (Fsp3) is 0.276. The predicted molar refractivity (Wildman–Crippen MR) is 148 cm³/mol. The number of rotatable bonds is 9. The van der Waals surface area contributed by atoms with E-state index in [0.717, 1.165) is 60.9 Å². The van der Waals surface area contributed by atoms with Crippen molar-refractivity contribution in [2.45, 2.75) is 25.4 Å². The lowest BCUT2D eigenvalue weighted by Crippen LogP contribution is -2.45. The Kier molecular flexibility index (Phi) is 8.20. The van der Waals surface area contributed by atoms with Crippen molar-refractivity contribution in [3.05, 3.63) is 89.8 Å². The predicted octanol–water partition coefficient (Wildman–Crippen LogP) is 5.53. The van der Waals surface area contributed by atoms with Crippen LogP contribution in [0.4, 0.5) is 5.69 Å². The third kappa shape index (κ3) is 7.01. The number of likely N-dealkylation sites (tertiary alicyclic amines) is 1. The molecule has 8 heteroatoms. The van der Waals surface area contributed by atoms with Crippen LogP contribution in [0.5, 0.6) is 11.5 Å². The minimum atomic E-state index is -0.00272. The van der Waals surface area contributed by atoms with Crippen molar-refractivity contribution in [3.63, 3.8) is 0 Å². The van der Waals surface area contributed by atoms with E-state index in [-0.39, 0.29) is 5.91 Å². The van der Waals surface area contributed by atoms with Gasteiger partial charge in [0.15, 0.2) is 0 Å². The molecule has 1 N–H and O–H groups in total. The largest absolute Gasteiger partial charge is 0.457 e. The van der Waals surface area contributed by atoms with Gasteiger partial charge in [0.2, 0.25) is 5.91 Å². The molecular formula is C29H31N5O2S. The molecule has 7 nitrogen and oxygen atoms in total. The van der Waals surface area contributed by atoms with Crippen LogP contribution in [0.25, 0.3) is 11.3 Å². The van der Waals surface area contributed by atoms with Crippen LogP contribution in [0.15, 0.2) is 84.2 Å². The van der Waals surface area contributed by atoms with Crippen molar-refractivity contribution < 1.29 is 9.53 Å². The van der Waals surface area contributed by atoms with Gasteiger partial charge >= 0.3 is 0 Å². The topological polar surface area (TPSA) is 70.6 Å². The van der Waals surface area contributed by atoms with E-state index in [1.165, 1.54) is 17.1 Å². The summed E-state index contributed by atoms with van der Waals surface area (Å²) in [7, 11) is 2.04. The van der Waals surface area contributed by atoms with Crippen molar-refractivity contribution >= 4 is 23.1 Å². The quantitative estimate of drug-likeness (QED) is 0.317. The van der Waals surface area contributed by atoms with Gasteiger partial charge in [-0.2, -0.15) is 0 Å². The number of amides is 1. The lowest BCUT2D eigenvalue weighted by Gasteiger charge is -2.36. The summed E-state index contributed by atoms with van der Waals surface area (Å²) >= 11 is 1.37. The summed E-state index contributed by atoms with van der Waals surface area (Å²) < 4.78 is 9.76. The molecule has 2 heterocycles. The third-order valence-electron chi connectivity index (χ3n) is 6.71. The molecule has 1 amide bonds. The van der Waals surface area contributed by atoms with Crippen molar-refractivity contribution in [2.75, 3.05) is 32.0 Å². The second kappa shape index (κ2) is 12.1. The number of aromatic nitrogens is 2. The van der Waals surface area contributed by atoms with Crippen molar-refractivity contribution in [1.82, 2.24) is 19.4 Å². The zero-order valence-electron chi connectivity index (χ0n) is 20.9. The third-order valence-corrected chi connectivity index (χ3v) is 7.21. The molecule has 0 saturated carbocycles. The van der Waals surface area contributed by atoms with Crippen LogP contribution in [0, 0.1) is 0 Å². The Morgan fingerprint density at radius 2 is 1.70 bits per heavy atom. The molecule has 190 valence electrons. The van der Waals surface area contributed by atoms with Crippen LogP contribution in [0.3, 0.4) is 0 Å². The maximum atomic E-state index is 12.7. The van der Waals surface area contributed by atoms with E-state index in [0.29, 0.717) is 12.6 Å². The van der Waals surface area contributed by atoms with E-state index in [2.05, 4.69) is 49.0 Å². The molecule has 1 aliphatic heterocycles. The van der Waals surface area contributed by atoms with Crippen molar-refractivity contribution in [2.24, 2.45) is 0 Å². The first-order valence-corrected chi connectivity index (χ1v) is 13.4. The van der Waals surface area contributed by atoms with Gasteiger partial charge in [-0.05, 0) is 86.5 Å². The van der Waals surface area contributed by atoms with Gasteiger partial charge in [-0.3, -0.25) is 14.6 Å². The first-order valence-electron chi connectivity index (χ1n) is 12.5. The number of anilines is 1. The summed E-state index contributed by atoms with van der Waals surface area (Å²) in [6.45, 7) is 3.37. The molecule has 0 aliphatic carbocycles. The molecule has 3 aromatic carbocycles. The Bertz CT molecular complexity index is 1260. The van der Waals surface area contributed by atoms with Crippen molar-refractivity contribution in [3.8, 4) is 22.8 Å². The van der Waals surface area contributed by atoms with Crippen LogP contribution in [-0.2, 0) is 11.3 Å². The maximum Gasteiger partial charge on any atom is 0.238 e. The fourth-order valence-corrected chi connectivity index (χ4v) is 5.10. The summed E-state index contributed by atoms with van der Waals surface area (Å²) in [5, 5.41) is 9.11. The molecule has 1 aliphatic rings. The Morgan fingerprint density at radius 3 is 2.38 bits per heavy atom. The highest BCUT2D eigenvalue weighted by atomic mass is 32.1. The Labute approximate surface area is 221 Å². The zero-order chi connectivity index (χ0) is 25.5. The molecule has 1 aromatic heterocycles. The van der Waals surface area contributed by atoms with Gasteiger partial charge in [0.05, 0.1) is 6.54 Å². The van der Waals surface area contributed by atoms with Gasteiger partial charge in [-0.15, -0.1) is 5.10 Å². The van der Waals surface area contributed by atoms with Crippen LogP contribution in [0.1, 0.15) is 18.4 Å². The van der Waals surface area contributed by atoms with Crippen molar-refractivity contribution in [1.29, 1.82) is 0 Å². The van der Waals surface area contributed by atoms with Crippen LogP contribution in [-0.4, -0.2) is 58.0 Å². The minimum Gasteiger partial charge on any atom is -0.457 e. The Morgan fingerprint density at radius 1 is 1.00 bits per heavy atom. The average Bonchev–Trinajstić information content (AvgIpc) is 3.46. The van der Waals surface area contributed by atoms with Gasteiger partial charge in [0, 0.05) is 29.2 Å². The first-order chi connectivity index (χ1) is 18.1. The number of carbonyl (C=O) groups excluding carboxylic acids is 1. The molecular weight excluding hydrogens is 482 g/mol. The second-order valence-electron chi connectivity index (χ2n) is 9.40. The lowest BCUT2D eigenvalue weighted by atomic mass is 10.0. The number of ether oxygens (including phenoxy) is 1. The van der Waals surface area contributed by atoms with E-state index in [1.807, 2.05) is 67.0 Å². The summed E-state index contributed by atoms with van der Waals surface area (Å²) in [5.74, 6) is 1.52. The summed E-state index contributed by atoms with van der Waals surface area (Å²) in [5.41, 5.74) is 4.11. The number of carbonyl (C=O) groups is 1. The SMILES string of the molecule is CN(CC(=O)Nc1ccc(Oc2ccccc2)cc1)C1CCN(Cc2ccc(-c3csnn3)cc2)CC1. The smallest absolute Gasteiger partial charge is 0.238 e. The van der Waals surface area contributed by atoms with E-state index in [1.54, 1.807) is 0 Å². The molecule has 5 rings (SSSR count). The van der Waals surface area contributed by atoms with Crippen LogP contribution >= 0.6 is 11.5 Å². The van der Waals surface area contributed by atoms with Crippen LogP contribution in [0.2, 0.25) is 0 Å². The van der Waals surface area contributed by atoms with Gasteiger partial charge in [-0.1, -0.05) is 47.0 Å². The second-order valence-corrected chi connectivity index (χ2v) is 10.0. The molecule has 0 bridgehead atoms. The van der Waals surface area contributed by atoms with Gasteiger partial charge in [0.1, 0.15) is 17.2 Å². The Balaban J connectivity index is 1.04. The molecule has 1 fully saturated rings. The summed E-state index contributed by atoms with van der Waals surface area (Å²) in [6, 6.07) is 26.1. The summed E-state index contributed by atoms with van der Waals surface area (Å²) in [6.07, 6.45) is 2.11. The number of likely N-dealkylation sites (N-methyl/N-ethyl adjacent to an activating group) is 1. The number of para-hydroxylation sites is 1. The molecule has 1 saturated heterocycles. The van der Waals surface area contributed by atoms with Crippen LogP contribution < -0.4 is 10.1 Å². The molecule has 0 atom stereocenters. The monoisotopic (exact) mass is 513 g/mol. The highest BCUT2D eigenvalue weighted by Crippen LogP contribution is 2.23. The number of benzene rings is 3. The van der Waals surface area contributed by atoms with E-state index in [4.69, 9.17) is 4.74 Å². The highest BCUT2D eigenvalue weighted by molar-refractivity contribution is 7.03. The van der Waals surface area contributed by atoms with E-state index in [9.17, 15) is 4.79 Å². The summed E-state index contributed by atoms with van der Waals surface area (Å²) in [4.78, 5) is 17.3. The molecule has 0 unspecified atom stereocenters. The van der Waals surface area contributed by atoms with Gasteiger partial charge in [-0.25, -0.2) is 0 Å². The van der Waals surface area contributed by atoms with E-state index < -0.39 is 0 Å². The normalized spacial score (nSPS) is 14.5. The number of hydrogen-bond donors (Lipinski definition) is 1. The zero-order valence-corrected chi connectivity index (χ0v) is 21.7. The number of nitrogens with zero attached hydrogens (tertiary/aromatic N) is 4. The first kappa shape index (κ1) is 25.1. The minimum absolute atomic E-state index is 0.00272. The molecule has 4 aromatic rings. The average molecular weight is 514 g/mol. The molecule has 0 spiro atoms. The lowest BCUT2D eigenvalue weighted by molar-refractivity contribution is -0.117. The molecule has 0 radical (unpaired) electrons. The number of hydrogen-bond acceptors (Lipinski definition) is 7. The highest BCUT2D eigenvalue weighted by Gasteiger charge is 2.23. The fourth-order valence-electron chi connectivity index (χ4n) is 4.63.